The summed E-state index contributed by atoms with van der Waals surface area (Å²) in [6.07, 6.45) is 0. The zero-order chi connectivity index (χ0) is 14.2. The normalized spacial score (nSPS) is 10.7. The van der Waals surface area contributed by atoms with Crippen LogP contribution in [0.15, 0.2) is 35.0 Å². The van der Waals surface area contributed by atoms with Crippen LogP contribution in [0.1, 0.15) is 16.7 Å². The van der Waals surface area contributed by atoms with Gasteiger partial charge in [-0.2, -0.15) is 11.3 Å². The molecular weight excluding hydrogens is 270 g/mol. The van der Waals surface area contributed by atoms with Gasteiger partial charge >= 0.3 is 0 Å². The summed E-state index contributed by atoms with van der Waals surface area (Å²) in [5, 5.41) is 7.55. The maximum absolute atomic E-state index is 5.93. The van der Waals surface area contributed by atoms with Gasteiger partial charge in [0, 0.05) is 25.8 Å². The van der Waals surface area contributed by atoms with Crippen LogP contribution in [0.5, 0.6) is 5.75 Å². The quantitative estimate of drug-likeness (QED) is 0.756. The average molecular weight is 291 g/mol. The zero-order valence-electron chi connectivity index (χ0n) is 12.0. The van der Waals surface area contributed by atoms with Gasteiger partial charge in [-0.25, -0.2) is 0 Å². The molecule has 2 aromatic rings. The SMILES string of the molecule is COCCNCc1cc(C)ccc1OCc1ccsc1. The number of rotatable bonds is 8. The van der Waals surface area contributed by atoms with Crippen molar-refractivity contribution in [2.24, 2.45) is 0 Å². The van der Waals surface area contributed by atoms with E-state index in [0.717, 1.165) is 25.4 Å². The van der Waals surface area contributed by atoms with Gasteiger partial charge in [-0.05, 0) is 35.4 Å². The van der Waals surface area contributed by atoms with Crippen molar-refractivity contribution in [3.8, 4) is 5.75 Å². The van der Waals surface area contributed by atoms with E-state index >= 15 is 0 Å². The molecule has 0 fully saturated rings. The Hall–Kier alpha value is -1.36. The average Bonchev–Trinajstić information content (AvgIpc) is 2.96. The number of hydrogen-bond acceptors (Lipinski definition) is 4. The van der Waals surface area contributed by atoms with E-state index in [0.29, 0.717) is 6.61 Å². The Balaban J connectivity index is 1.95. The Morgan fingerprint density at radius 2 is 2.15 bits per heavy atom. The fraction of sp³-hybridized carbons (Fsp3) is 0.375. The van der Waals surface area contributed by atoms with Crippen LogP contribution >= 0.6 is 11.3 Å². The van der Waals surface area contributed by atoms with Gasteiger partial charge in [0.15, 0.2) is 0 Å². The fourth-order valence-corrected chi connectivity index (χ4v) is 2.57. The van der Waals surface area contributed by atoms with Crippen LogP contribution in [0.25, 0.3) is 0 Å². The molecule has 0 saturated carbocycles. The molecule has 2 rings (SSSR count). The summed E-state index contributed by atoms with van der Waals surface area (Å²) in [5.41, 5.74) is 3.65. The minimum atomic E-state index is 0.623. The van der Waals surface area contributed by atoms with E-state index in [4.69, 9.17) is 9.47 Å². The minimum absolute atomic E-state index is 0.623. The molecule has 108 valence electrons. The lowest BCUT2D eigenvalue weighted by molar-refractivity contribution is 0.199. The molecule has 1 heterocycles. The van der Waals surface area contributed by atoms with Gasteiger partial charge in [-0.3, -0.25) is 0 Å². The van der Waals surface area contributed by atoms with Crippen LogP contribution in [0.2, 0.25) is 0 Å². The van der Waals surface area contributed by atoms with Crippen molar-refractivity contribution in [3.63, 3.8) is 0 Å². The van der Waals surface area contributed by atoms with Crippen molar-refractivity contribution >= 4 is 11.3 Å². The zero-order valence-corrected chi connectivity index (χ0v) is 12.8. The summed E-state index contributed by atoms with van der Waals surface area (Å²) in [5.74, 6) is 0.951. The highest BCUT2D eigenvalue weighted by molar-refractivity contribution is 7.07. The van der Waals surface area contributed by atoms with Crippen molar-refractivity contribution in [2.45, 2.75) is 20.1 Å². The number of aryl methyl sites for hydroxylation is 1. The van der Waals surface area contributed by atoms with Gasteiger partial charge in [0.05, 0.1) is 6.61 Å². The third-order valence-electron chi connectivity index (χ3n) is 2.99. The Labute approximate surface area is 124 Å². The van der Waals surface area contributed by atoms with Gasteiger partial charge in [0.1, 0.15) is 12.4 Å². The highest BCUT2D eigenvalue weighted by atomic mass is 32.1. The van der Waals surface area contributed by atoms with Gasteiger partial charge in [0.25, 0.3) is 0 Å². The number of nitrogens with one attached hydrogen (secondary N) is 1. The molecule has 0 aliphatic heterocycles. The van der Waals surface area contributed by atoms with Crippen molar-refractivity contribution in [2.75, 3.05) is 20.3 Å². The van der Waals surface area contributed by atoms with E-state index < -0.39 is 0 Å². The summed E-state index contributed by atoms with van der Waals surface area (Å²) < 4.78 is 11.0. The topological polar surface area (TPSA) is 30.5 Å². The summed E-state index contributed by atoms with van der Waals surface area (Å²) >= 11 is 1.69. The predicted octanol–water partition coefficient (Wildman–Crippen LogP) is 3.37. The van der Waals surface area contributed by atoms with E-state index in [2.05, 4.69) is 47.3 Å². The smallest absolute Gasteiger partial charge is 0.124 e. The molecule has 0 bridgehead atoms. The number of hydrogen-bond donors (Lipinski definition) is 1. The fourth-order valence-electron chi connectivity index (χ4n) is 1.92. The number of benzene rings is 1. The van der Waals surface area contributed by atoms with Gasteiger partial charge < -0.3 is 14.8 Å². The third-order valence-corrected chi connectivity index (χ3v) is 3.72. The molecule has 3 nitrogen and oxygen atoms in total. The Morgan fingerprint density at radius 1 is 1.25 bits per heavy atom. The van der Waals surface area contributed by atoms with E-state index in [1.54, 1.807) is 18.4 Å². The molecule has 0 aliphatic rings. The predicted molar refractivity (Wildman–Crippen MR) is 83.4 cm³/mol. The molecule has 0 saturated heterocycles. The molecule has 0 spiro atoms. The van der Waals surface area contributed by atoms with Crippen molar-refractivity contribution in [1.29, 1.82) is 0 Å². The maximum atomic E-state index is 5.93. The van der Waals surface area contributed by atoms with Crippen LogP contribution in [-0.4, -0.2) is 20.3 Å². The molecule has 0 amide bonds. The third kappa shape index (κ3) is 4.63. The van der Waals surface area contributed by atoms with Crippen molar-refractivity contribution in [3.05, 3.63) is 51.7 Å². The monoisotopic (exact) mass is 291 g/mol. The molecule has 0 unspecified atom stereocenters. The molecule has 1 aromatic carbocycles. The van der Waals surface area contributed by atoms with Crippen LogP contribution < -0.4 is 10.1 Å². The van der Waals surface area contributed by atoms with Gasteiger partial charge in [-0.1, -0.05) is 17.7 Å². The minimum Gasteiger partial charge on any atom is -0.489 e. The highest BCUT2D eigenvalue weighted by Gasteiger charge is 2.05. The van der Waals surface area contributed by atoms with Gasteiger partial charge in [0.2, 0.25) is 0 Å². The standard InChI is InChI=1S/C16H21NO2S/c1-13-3-4-16(19-11-14-5-8-20-12-14)15(9-13)10-17-6-7-18-2/h3-5,8-9,12,17H,6-7,10-11H2,1-2H3. The van der Waals surface area contributed by atoms with Crippen LogP contribution in [0.3, 0.4) is 0 Å². The van der Waals surface area contributed by atoms with E-state index in [-0.39, 0.29) is 0 Å². The molecule has 1 aromatic heterocycles. The molecule has 1 N–H and O–H groups in total. The number of ether oxygens (including phenoxy) is 2. The summed E-state index contributed by atoms with van der Waals surface area (Å²) in [6.45, 7) is 5.08. The first-order valence-corrected chi connectivity index (χ1v) is 7.67. The molecule has 20 heavy (non-hydrogen) atoms. The van der Waals surface area contributed by atoms with E-state index in [9.17, 15) is 0 Å². The van der Waals surface area contributed by atoms with Crippen LogP contribution in [0.4, 0.5) is 0 Å². The lowest BCUT2D eigenvalue weighted by Gasteiger charge is -2.13. The Bertz CT molecular complexity index is 511. The van der Waals surface area contributed by atoms with Gasteiger partial charge in [-0.15, -0.1) is 0 Å². The van der Waals surface area contributed by atoms with Crippen LogP contribution in [0, 0.1) is 6.92 Å². The molecule has 0 aliphatic carbocycles. The first-order valence-electron chi connectivity index (χ1n) is 6.72. The summed E-state index contributed by atoms with van der Waals surface area (Å²) in [6, 6.07) is 8.40. The first kappa shape index (κ1) is 15.0. The van der Waals surface area contributed by atoms with E-state index in [1.807, 2.05) is 0 Å². The Kier molecular flexibility index (Phi) is 6.05. The largest absolute Gasteiger partial charge is 0.489 e. The second-order valence-electron chi connectivity index (χ2n) is 4.70. The van der Waals surface area contributed by atoms with E-state index in [1.165, 1.54) is 16.7 Å². The van der Waals surface area contributed by atoms with Crippen molar-refractivity contribution < 1.29 is 9.47 Å². The molecular formula is C16H21NO2S. The number of thiophene rings is 1. The Morgan fingerprint density at radius 3 is 2.90 bits per heavy atom. The maximum Gasteiger partial charge on any atom is 0.124 e. The summed E-state index contributed by atoms with van der Waals surface area (Å²) in [4.78, 5) is 0. The second-order valence-corrected chi connectivity index (χ2v) is 5.48. The highest BCUT2D eigenvalue weighted by Crippen LogP contribution is 2.21. The molecule has 4 heteroatoms. The second kappa shape index (κ2) is 8.04. The first-order chi connectivity index (χ1) is 9.79. The molecule has 0 radical (unpaired) electrons. The lowest BCUT2D eigenvalue weighted by atomic mass is 10.1. The lowest BCUT2D eigenvalue weighted by Crippen LogP contribution is -2.19. The summed E-state index contributed by atoms with van der Waals surface area (Å²) in [7, 11) is 1.71. The number of methoxy groups -OCH3 is 1. The van der Waals surface area contributed by atoms with Crippen LogP contribution in [-0.2, 0) is 17.9 Å². The van der Waals surface area contributed by atoms with Crippen molar-refractivity contribution in [1.82, 2.24) is 5.32 Å². The molecule has 0 atom stereocenters.